The molecule has 0 fully saturated rings. The molecule has 0 saturated heterocycles. The van der Waals surface area contributed by atoms with E-state index >= 15 is 0 Å². The van der Waals surface area contributed by atoms with E-state index < -0.39 is 24.2 Å². The van der Waals surface area contributed by atoms with E-state index in [4.69, 9.17) is 14.6 Å². The fourth-order valence-electron chi connectivity index (χ4n) is 3.32. The van der Waals surface area contributed by atoms with Gasteiger partial charge in [0.1, 0.15) is 5.75 Å². The first kappa shape index (κ1) is 29.3. The van der Waals surface area contributed by atoms with Crippen LogP contribution in [0.5, 0.6) is 5.75 Å². The molecule has 0 spiro atoms. The van der Waals surface area contributed by atoms with Gasteiger partial charge in [0.2, 0.25) is 0 Å². The molecule has 0 aliphatic heterocycles. The van der Waals surface area contributed by atoms with Crippen molar-refractivity contribution in [1.29, 1.82) is 0 Å². The SMILES string of the molecule is COc1cccc(CN(CCCO)C(=O)C(O)c2ccc(-c3cn[nH]c3C)cc2)c1.O=C(O)C(F)(F)F. The summed E-state index contributed by atoms with van der Waals surface area (Å²) < 4.78 is 37.0. The molecule has 9 nitrogen and oxygen atoms in total. The number of methoxy groups -OCH3 is 1. The summed E-state index contributed by atoms with van der Waals surface area (Å²) >= 11 is 0. The van der Waals surface area contributed by atoms with Crippen molar-refractivity contribution in [2.45, 2.75) is 32.2 Å². The molecule has 1 unspecified atom stereocenters. The van der Waals surface area contributed by atoms with Crippen molar-refractivity contribution in [2.75, 3.05) is 20.3 Å². The second kappa shape index (κ2) is 13.4. The van der Waals surface area contributed by atoms with Gasteiger partial charge in [0.15, 0.2) is 6.10 Å². The van der Waals surface area contributed by atoms with E-state index in [2.05, 4.69) is 10.2 Å². The molecule has 0 aliphatic rings. The molecule has 4 N–H and O–H groups in total. The molecule has 2 aromatic carbocycles. The number of aryl methyl sites for hydroxylation is 1. The van der Waals surface area contributed by atoms with Crippen LogP contribution in [0.3, 0.4) is 0 Å². The van der Waals surface area contributed by atoms with Gasteiger partial charge in [0.05, 0.1) is 13.3 Å². The number of amides is 1. The minimum atomic E-state index is -5.08. The third-order valence-corrected chi connectivity index (χ3v) is 5.25. The fourth-order valence-corrected chi connectivity index (χ4v) is 3.32. The van der Waals surface area contributed by atoms with E-state index in [-0.39, 0.29) is 6.61 Å². The average molecular weight is 524 g/mol. The molecule has 200 valence electrons. The van der Waals surface area contributed by atoms with E-state index in [1.54, 1.807) is 30.3 Å². The normalized spacial score (nSPS) is 11.8. The van der Waals surface area contributed by atoms with E-state index in [9.17, 15) is 28.2 Å². The standard InChI is InChI=1S/C23H27N3O4.C2HF3O2/c1-16-21(14-24-25-16)18-7-9-19(10-8-18)22(28)23(29)26(11-4-12-27)15-17-5-3-6-20(13-17)30-2;3-2(4,5)1(6)7/h3,5-10,13-14,22,27-28H,4,11-12,15H2,1-2H3,(H,24,25);(H,6,7). The number of carbonyl (C=O) groups excluding carboxylic acids is 1. The predicted octanol–water partition coefficient (Wildman–Crippen LogP) is 3.47. The van der Waals surface area contributed by atoms with Crippen LogP contribution in [0.25, 0.3) is 11.1 Å². The van der Waals surface area contributed by atoms with Gasteiger partial charge in [0.25, 0.3) is 5.91 Å². The summed E-state index contributed by atoms with van der Waals surface area (Å²) in [6.07, 6.45) is -4.19. The maximum absolute atomic E-state index is 13.0. The lowest BCUT2D eigenvalue weighted by atomic mass is 10.0. The topological polar surface area (TPSA) is 136 Å². The van der Waals surface area contributed by atoms with Gasteiger partial charge in [-0.1, -0.05) is 36.4 Å². The minimum Gasteiger partial charge on any atom is -0.497 e. The number of aliphatic hydroxyl groups is 2. The second-order valence-electron chi connectivity index (χ2n) is 7.92. The Morgan fingerprint density at radius 3 is 2.32 bits per heavy atom. The van der Waals surface area contributed by atoms with Gasteiger partial charge >= 0.3 is 12.1 Å². The van der Waals surface area contributed by atoms with E-state index in [1.807, 2.05) is 43.3 Å². The van der Waals surface area contributed by atoms with Gasteiger partial charge in [-0.3, -0.25) is 9.89 Å². The molecule has 1 atom stereocenters. The summed E-state index contributed by atoms with van der Waals surface area (Å²) in [6.45, 7) is 2.57. The van der Waals surface area contributed by atoms with Crippen molar-refractivity contribution in [3.05, 3.63) is 71.5 Å². The molecule has 1 aromatic heterocycles. The molecule has 0 saturated carbocycles. The molecule has 1 heterocycles. The summed E-state index contributed by atoms with van der Waals surface area (Å²) in [5.41, 5.74) is 4.29. The summed E-state index contributed by atoms with van der Waals surface area (Å²) in [5, 5.41) is 34.0. The maximum Gasteiger partial charge on any atom is 0.490 e. The second-order valence-corrected chi connectivity index (χ2v) is 7.92. The van der Waals surface area contributed by atoms with Gasteiger partial charge in [-0.05, 0) is 42.2 Å². The van der Waals surface area contributed by atoms with Crippen molar-refractivity contribution in [2.24, 2.45) is 0 Å². The van der Waals surface area contributed by atoms with Crippen LogP contribution in [0.2, 0.25) is 0 Å². The van der Waals surface area contributed by atoms with Gasteiger partial charge in [-0.15, -0.1) is 0 Å². The number of alkyl halides is 3. The zero-order valence-corrected chi connectivity index (χ0v) is 20.2. The third-order valence-electron chi connectivity index (χ3n) is 5.25. The van der Waals surface area contributed by atoms with Crippen LogP contribution in [0.15, 0.2) is 54.7 Å². The van der Waals surface area contributed by atoms with Crippen LogP contribution in [0.1, 0.15) is 29.3 Å². The molecule has 1 amide bonds. The van der Waals surface area contributed by atoms with Crippen molar-refractivity contribution in [3.8, 4) is 16.9 Å². The summed E-state index contributed by atoms with van der Waals surface area (Å²) in [4.78, 5) is 23.5. The van der Waals surface area contributed by atoms with Gasteiger partial charge in [-0.25, -0.2) is 4.79 Å². The van der Waals surface area contributed by atoms with Crippen LogP contribution in [0.4, 0.5) is 13.2 Å². The number of carbonyl (C=O) groups is 2. The zero-order valence-electron chi connectivity index (χ0n) is 20.2. The highest BCUT2D eigenvalue weighted by atomic mass is 19.4. The Kier molecular flexibility index (Phi) is 10.6. The summed E-state index contributed by atoms with van der Waals surface area (Å²) in [7, 11) is 1.59. The Hall–Kier alpha value is -3.90. The number of aliphatic carboxylic acids is 1. The molecule has 0 radical (unpaired) electrons. The van der Waals surface area contributed by atoms with E-state index in [1.165, 1.54) is 0 Å². The molecular formula is C25H28F3N3O6. The first-order valence-electron chi connectivity index (χ1n) is 11.1. The first-order chi connectivity index (χ1) is 17.5. The molecule has 37 heavy (non-hydrogen) atoms. The number of H-pyrrole nitrogens is 1. The van der Waals surface area contributed by atoms with Crippen LogP contribution in [-0.4, -0.2) is 68.7 Å². The number of aliphatic hydroxyl groups excluding tert-OH is 2. The zero-order chi connectivity index (χ0) is 27.6. The lowest BCUT2D eigenvalue weighted by Gasteiger charge is -2.25. The van der Waals surface area contributed by atoms with Gasteiger partial charge in [0, 0.05) is 31.0 Å². The number of carboxylic acids is 1. The number of halogens is 3. The Morgan fingerprint density at radius 1 is 1.16 bits per heavy atom. The summed E-state index contributed by atoms with van der Waals surface area (Å²) in [6, 6.07) is 14.7. The van der Waals surface area contributed by atoms with Crippen LogP contribution < -0.4 is 4.74 Å². The molecule has 0 bridgehead atoms. The van der Waals surface area contributed by atoms with Gasteiger partial charge in [-0.2, -0.15) is 18.3 Å². The molecule has 0 aliphatic carbocycles. The quantitative estimate of drug-likeness (QED) is 0.337. The number of aromatic nitrogens is 2. The lowest BCUT2D eigenvalue weighted by Crippen LogP contribution is -2.36. The maximum atomic E-state index is 13.0. The monoisotopic (exact) mass is 523 g/mol. The van der Waals surface area contributed by atoms with Crippen LogP contribution >= 0.6 is 0 Å². The van der Waals surface area contributed by atoms with Crippen LogP contribution in [-0.2, 0) is 16.1 Å². The molecule has 3 rings (SSSR count). The number of nitrogens with zero attached hydrogens (tertiary/aromatic N) is 2. The smallest absolute Gasteiger partial charge is 0.490 e. The highest BCUT2D eigenvalue weighted by Gasteiger charge is 2.38. The Morgan fingerprint density at radius 2 is 1.81 bits per heavy atom. The van der Waals surface area contributed by atoms with Crippen LogP contribution in [0, 0.1) is 6.92 Å². The number of rotatable bonds is 9. The van der Waals surface area contributed by atoms with Crippen molar-refractivity contribution in [1.82, 2.24) is 15.1 Å². The number of aromatic amines is 1. The van der Waals surface area contributed by atoms with Gasteiger partial charge < -0.3 is 25.0 Å². The molecular weight excluding hydrogens is 495 g/mol. The molecule has 3 aromatic rings. The Bertz CT molecular complexity index is 1160. The van der Waals surface area contributed by atoms with E-state index in [0.29, 0.717) is 30.8 Å². The fraction of sp³-hybridized carbons (Fsp3) is 0.320. The lowest BCUT2D eigenvalue weighted by molar-refractivity contribution is -0.192. The number of hydrogen-bond donors (Lipinski definition) is 4. The van der Waals surface area contributed by atoms with Crippen molar-refractivity contribution < 1.29 is 42.8 Å². The minimum absolute atomic E-state index is 0.0310. The summed E-state index contributed by atoms with van der Waals surface area (Å²) in [5.74, 6) is -2.46. The number of ether oxygens (including phenoxy) is 1. The number of benzene rings is 2. The van der Waals surface area contributed by atoms with Crippen molar-refractivity contribution >= 4 is 11.9 Å². The first-order valence-corrected chi connectivity index (χ1v) is 11.1. The Labute approximate surface area is 211 Å². The number of carboxylic acid groups (broad SMARTS) is 1. The predicted molar refractivity (Wildman–Crippen MR) is 128 cm³/mol. The number of nitrogens with one attached hydrogen (secondary N) is 1. The Balaban J connectivity index is 0.000000604. The molecule has 12 heteroatoms. The van der Waals surface area contributed by atoms with E-state index in [0.717, 1.165) is 22.4 Å². The largest absolute Gasteiger partial charge is 0.497 e. The highest BCUT2D eigenvalue weighted by molar-refractivity contribution is 5.82. The highest BCUT2D eigenvalue weighted by Crippen LogP contribution is 2.25. The average Bonchev–Trinajstić information content (AvgIpc) is 3.31. The van der Waals surface area contributed by atoms with Crippen molar-refractivity contribution in [3.63, 3.8) is 0 Å². The number of hydrogen-bond acceptors (Lipinski definition) is 6. The third kappa shape index (κ3) is 8.62.